The van der Waals surface area contributed by atoms with Crippen molar-refractivity contribution >= 4 is 34.8 Å². The van der Waals surface area contributed by atoms with E-state index < -0.39 is 0 Å². The molecule has 146 valence electrons. The minimum absolute atomic E-state index is 0.574. The van der Waals surface area contributed by atoms with E-state index in [0.717, 1.165) is 33.2 Å². The Morgan fingerprint density at radius 3 is 2.41 bits per heavy atom. The third-order valence-corrected chi connectivity index (χ3v) is 5.01. The van der Waals surface area contributed by atoms with Crippen LogP contribution in [-0.4, -0.2) is 16.2 Å². The maximum atomic E-state index is 6.03. The molecule has 3 nitrogen and oxygen atoms in total. The Bertz CT molecular complexity index is 1140. The lowest BCUT2D eigenvalue weighted by Gasteiger charge is -2.11. The van der Waals surface area contributed by atoms with Crippen molar-refractivity contribution in [2.24, 2.45) is 0 Å². The predicted octanol–water partition coefficient (Wildman–Crippen LogP) is 6.56. The second-order valence-electron chi connectivity index (χ2n) is 7.17. The van der Waals surface area contributed by atoms with E-state index in [1.807, 2.05) is 48.5 Å². The molecule has 0 bridgehead atoms. The molecule has 0 N–H and O–H groups in total. The first-order chi connectivity index (χ1) is 14.1. The molecule has 0 spiro atoms. The van der Waals surface area contributed by atoms with Crippen molar-refractivity contribution < 1.29 is 4.74 Å². The maximum Gasteiger partial charge on any atom is 0.133 e. The van der Waals surface area contributed by atoms with Gasteiger partial charge in [-0.3, -0.25) is 0 Å². The molecule has 0 atom stereocenters. The number of aryl methyl sites for hydroxylation is 2. The Hall–Kier alpha value is -3.04. The number of aromatic nitrogens is 2. The summed E-state index contributed by atoms with van der Waals surface area (Å²) in [6, 6.07) is 22.2. The van der Waals surface area contributed by atoms with Crippen LogP contribution < -0.4 is 4.74 Å². The van der Waals surface area contributed by atoms with Crippen molar-refractivity contribution in [1.29, 1.82) is 0 Å². The lowest BCUT2D eigenvalue weighted by atomic mass is 10.1. The van der Waals surface area contributed by atoms with Gasteiger partial charge in [0.2, 0.25) is 0 Å². The molecule has 1 heterocycles. The molecule has 0 saturated heterocycles. The van der Waals surface area contributed by atoms with Crippen LogP contribution in [0.2, 0.25) is 5.02 Å². The Morgan fingerprint density at radius 2 is 1.66 bits per heavy atom. The minimum Gasteiger partial charge on any atom is -0.492 e. The van der Waals surface area contributed by atoms with Crippen LogP contribution in [0.1, 0.15) is 22.5 Å². The van der Waals surface area contributed by atoms with Crippen LogP contribution in [0.5, 0.6) is 5.75 Å². The maximum absolute atomic E-state index is 6.03. The smallest absolute Gasteiger partial charge is 0.133 e. The highest BCUT2D eigenvalue weighted by molar-refractivity contribution is 6.30. The van der Waals surface area contributed by atoms with Gasteiger partial charge in [-0.25, -0.2) is 4.98 Å². The molecule has 4 heteroatoms. The normalized spacial score (nSPS) is 11.4. The number of fused-ring (bicyclic) bond motifs is 1. The Balaban J connectivity index is 1.57. The van der Waals surface area contributed by atoms with E-state index in [4.69, 9.17) is 21.3 Å². The zero-order valence-electron chi connectivity index (χ0n) is 16.6. The average molecular weight is 403 g/mol. The monoisotopic (exact) mass is 402 g/mol. The lowest BCUT2D eigenvalue weighted by Crippen LogP contribution is -2.09. The van der Waals surface area contributed by atoms with E-state index in [1.165, 1.54) is 11.1 Å². The van der Waals surface area contributed by atoms with E-state index in [9.17, 15) is 0 Å². The van der Waals surface area contributed by atoms with Crippen LogP contribution in [0, 0.1) is 13.8 Å². The molecule has 0 aliphatic heterocycles. The molecule has 0 fully saturated rings. The highest BCUT2D eigenvalue weighted by Crippen LogP contribution is 2.20. The molecule has 4 aromatic rings. The van der Waals surface area contributed by atoms with Gasteiger partial charge in [0.1, 0.15) is 18.2 Å². The van der Waals surface area contributed by atoms with Gasteiger partial charge in [0, 0.05) is 5.02 Å². The van der Waals surface area contributed by atoms with Gasteiger partial charge in [0.25, 0.3) is 0 Å². The van der Waals surface area contributed by atoms with Gasteiger partial charge < -0.3 is 9.30 Å². The fourth-order valence-electron chi connectivity index (χ4n) is 3.47. The number of hydrogen-bond donors (Lipinski definition) is 0. The number of nitrogens with zero attached hydrogens (tertiary/aromatic N) is 2. The molecule has 0 aliphatic rings. The van der Waals surface area contributed by atoms with Gasteiger partial charge >= 0.3 is 0 Å². The summed E-state index contributed by atoms with van der Waals surface area (Å²) in [4.78, 5) is 4.79. The third-order valence-electron chi connectivity index (χ3n) is 4.76. The number of benzene rings is 3. The van der Waals surface area contributed by atoms with Crippen LogP contribution in [0.25, 0.3) is 23.2 Å². The third kappa shape index (κ3) is 4.69. The molecule has 0 aliphatic carbocycles. The molecule has 4 rings (SSSR count). The first-order valence-electron chi connectivity index (χ1n) is 9.68. The van der Waals surface area contributed by atoms with Crippen LogP contribution in [0.3, 0.4) is 0 Å². The molecule has 0 amide bonds. The summed E-state index contributed by atoms with van der Waals surface area (Å²) in [5.41, 5.74) is 5.58. The van der Waals surface area contributed by atoms with Crippen molar-refractivity contribution in [3.63, 3.8) is 0 Å². The van der Waals surface area contributed by atoms with Crippen molar-refractivity contribution in [1.82, 2.24) is 9.55 Å². The Kier molecular flexibility index (Phi) is 5.68. The average Bonchev–Trinajstić information content (AvgIpc) is 3.05. The number of ether oxygens (including phenoxy) is 1. The number of halogens is 1. The zero-order chi connectivity index (χ0) is 20.2. The zero-order valence-corrected chi connectivity index (χ0v) is 17.4. The van der Waals surface area contributed by atoms with Gasteiger partial charge in [-0.05, 0) is 73.0 Å². The molecular weight excluding hydrogens is 380 g/mol. The van der Waals surface area contributed by atoms with Crippen LogP contribution in [0.15, 0.2) is 66.7 Å². The highest BCUT2D eigenvalue weighted by atomic mass is 35.5. The van der Waals surface area contributed by atoms with Gasteiger partial charge in [-0.2, -0.15) is 0 Å². The van der Waals surface area contributed by atoms with E-state index in [-0.39, 0.29) is 0 Å². The highest BCUT2D eigenvalue weighted by Gasteiger charge is 2.08. The van der Waals surface area contributed by atoms with Gasteiger partial charge in [-0.1, -0.05) is 48.0 Å². The van der Waals surface area contributed by atoms with Crippen LogP contribution in [-0.2, 0) is 6.54 Å². The molecule has 3 aromatic carbocycles. The van der Waals surface area contributed by atoms with Gasteiger partial charge in [0.05, 0.1) is 17.6 Å². The van der Waals surface area contributed by atoms with Crippen molar-refractivity contribution in [2.75, 3.05) is 6.61 Å². The van der Waals surface area contributed by atoms with Crippen molar-refractivity contribution in [3.8, 4) is 5.75 Å². The first kappa shape index (κ1) is 19.3. The van der Waals surface area contributed by atoms with Gasteiger partial charge in [0.15, 0.2) is 0 Å². The van der Waals surface area contributed by atoms with E-state index in [2.05, 4.69) is 48.8 Å². The van der Waals surface area contributed by atoms with Crippen molar-refractivity contribution in [2.45, 2.75) is 20.4 Å². The number of rotatable bonds is 6. The van der Waals surface area contributed by atoms with Crippen LogP contribution >= 0.6 is 11.6 Å². The fourth-order valence-corrected chi connectivity index (χ4v) is 3.60. The fraction of sp³-hybridized carbons (Fsp3) is 0.160. The second-order valence-corrected chi connectivity index (χ2v) is 7.60. The summed E-state index contributed by atoms with van der Waals surface area (Å²) in [6.07, 6.45) is 4.10. The Morgan fingerprint density at radius 1 is 0.931 bits per heavy atom. The number of imidazole rings is 1. The summed E-state index contributed by atoms with van der Waals surface area (Å²) < 4.78 is 8.23. The quantitative estimate of drug-likeness (QED) is 0.365. The molecule has 29 heavy (non-hydrogen) atoms. The molecule has 0 unspecified atom stereocenters. The Labute approximate surface area is 176 Å². The molecular formula is C25H23ClN2O. The summed E-state index contributed by atoms with van der Waals surface area (Å²) in [7, 11) is 0. The topological polar surface area (TPSA) is 27.1 Å². The molecule has 0 radical (unpaired) electrons. The predicted molar refractivity (Wildman–Crippen MR) is 122 cm³/mol. The molecule has 1 aromatic heterocycles. The minimum atomic E-state index is 0.574. The largest absolute Gasteiger partial charge is 0.492 e. The van der Waals surface area contributed by atoms with E-state index >= 15 is 0 Å². The summed E-state index contributed by atoms with van der Waals surface area (Å²) in [6.45, 7) is 5.46. The number of hydrogen-bond acceptors (Lipinski definition) is 2. The lowest BCUT2D eigenvalue weighted by molar-refractivity contribution is 0.299. The van der Waals surface area contributed by atoms with Crippen molar-refractivity contribution in [3.05, 3.63) is 94.3 Å². The second kappa shape index (κ2) is 8.54. The summed E-state index contributed by atoms with van der Waals surface area (Å²) in [5.74, 6) is 1.82. The summed E-state index contributed by atoms with van der Waals surface area (Å²) >= 11 is 5.98. The van der Waals surface area contributed by atoms with Crippen LogP contribution in [0.4, 0.5) is 0 Å². The SMILES string of the molecule is Cc1cc(C)cc(OCCn2c(/C=C/c3ccc(Cl)cc3)nc3ccccc32)c1. The molecule has 0 saturated carbocycles. The number of para-hydroxylation sites is 2. The van der Waals surface area contributed by atoms with Gasteiger partial charge in [-0.15, -0.1) is 0 Å². The standard InChI is InChI=1S/C25H23ClN2O/c1-18-15-19(2)17-22(16-18)29-14-13-28-24-6-4-3-5-23(24)27-25(28)12-9-20-7-10-21(26)11-8-20/h3-12,15-17H,13-14H2,1-2H3/b12-9+. The first-order valence-corrected chi connectivity index (χ1v) is 10.1. The summed E-state index contributed by atoms with van der Waals surface area (Å²) in [5, 5.41) is 0.734. The van der Waals surface area contributed by atoms with E-state index in [0.29, 0.717) is 13.2 Å². The van der Waals surface area contributed by atoms with E-state index in [1.54, 1.807) is 0 Å².